The van der Waals surface area contributed by atoms with Gasteiger partial charge in [-0.25, -0.2) is 4.79 Å². The Balaban J connectivity index is 1.90. The van der Waals surface area contributed by atoms with Crippen molar-refractivity contribution in [1.29, 1.82) is 0 Å². The maximum absolute atomic E-state index is 10.7. The fourth-order valence-electron chi connectivity index (χ4n) is 2.12. The van der Waals surface area contributed by atoms with Crippen molar-refractivity contribution < 1.29 is 24.3 Å². The van der Waals surface area contributed by atoms with E-state index in [-0.39, 0.29) is 18.4 Å². The summed E-state index contributed by atoms with van der Waals surface area (Å²) in [4.78, 5) is 21.0. The lowest BCUT2D eigenvalue weighted by Crippen LogP contribution is -2.23. The van der Waals surface area contributed by atoms with E-state index < -0.39 is 17.0 Å². The molecule has 0 radical (unpaired) electrons. The molecule has 7 nitrogen and oxygen atoms in total. The average molecular weight is 281 g/mol. The molecule has 2 unspecified atom stereocenters. The summed E-state index contributed by atoms with van der Waals surface area (Å²) in [6, 6.07) is 4.50. The summed E-state index contributed by atoms with van der Waals surface area (Å²) in [7, 11) is 0. The molecule has 20 heavy (non-hydrogen) atoms. The molecular formula is C13H15NO6. The molecule has 0 bridgehead atoms. The number of nitro benzene ring substituents is 1. The van der Waals surface area contributed by atoms with E-state index in [1.807, 2.05) is 0 Å². The highest BCUT2D eigenvalue weighted by Gasteiger charge is 2.30. The van der Waals surface area contributed by atoms with Crippen LogP contribution < -0.4 is 4.74 Å². The molecule has 1 aromatic rings. The van der Waals surface area contributed by atoms with Crippen LogP contribution in [0.4, 0.5) is 5.69 Å². The maximum atomic E-state index is 10.7. The van der Waals surface area contributed by atoms with Crippen LogP contribution in [0.1, 0.15) is 18.4 Å². The minimum Gasteiger partial charge on any atom is -0.491 e. The van der Waals surface area contributed by atoms with Gasteiger partial charge in [0, 0.05) is 11.6 Å². The Labute approximate surface area is 115 Å². The van der Waals surface area contributed by atoms with Crippen molar-refractivity contribution in [2.24, 2.45) is 0 Å². The third-order valence-electron chi connectivity index (χ3n) is 3.18. The van der Waals surface area contributed by atoms with Crippen molar-refractivity contribution in [2.45, 2.75) is 32.0 Å². The monoisotopic (exact) mass is 281 g/mol. The summed E-state index contributed by atoms with van der Waals surface area (Å²) >= 11 is 0. The van der Waals surface area contributed by atoms with Crippen molar-refractivity contribution in [2.75, 3.05) is 6.61 Å². The van der Waals surface area contributed by atoms with Crippen molar-refractivity contribution in [1.82, 2.24) is 0 Å². The first-order valence-electron chi connectivity index (χ1n) is 6.23. The van der Waals surface area contributed by atoms with E-state index in [9.17, 15) is 14.9 Å². The Hall–Kier alpha value is -2.15. The van der Waals surface area contributed by atoms with Crippen LogP contribution in [0, 0.1) is 17.0 Å². The molecule has 1 fully saturated rings. The van der Waals surface area contributed by atoms with E-state index in [0.29, 0.717) is 24.2 Å². The maximum Gasteiger partial charge on any atom is 0.332 e. The predicted molar refractivity (Wildman–Crippen MR) is 68.9 cm³/mol. The predicted octanol–water partition coefficient (Wildman–Crippen LogP) is 1.91. The van der Waals surface area contributed by atoms with Crippen LogP contribution >= 0.6 is 0 Å². The Morgan fingerprint density at radius 3 is 2.85 bits per heavy atom. The number of hydrogen-bond acceptors (Lipinski definition) is 5. The molecule has 1 aromatic carbocycles. The molecule has 1 aliphatic rings. The van der Waals surface area contributed by atoms with Gasteiger partial charge in [-0.3, -0.25) is 10.1 Å². The molecule has 1 aliphatic heterocycles. The van der Waals surface area contributed by atoms with Crippen LogP contribution in [0.25, 0.3) is 0 Å². The average Bonchev–Trinajstić information content (AvgIpc) is 2.85. The number of nitro groups is 1. The van der Waals surface area contributed by atoms with Crippen LogP contribution in [-0.2, 0) is 9.53 Å². The molecule has 2 rings (SSSR count). The zero-order valence-electron chi connectivity index (χ0n) is 10.9. The molecule has 1 N–H and O–H groups in total. The van der Waals surface area contributed by atoms with Gasteiger partial charge in [0.2, 0.25) is 0 Å². The van der Waals surface area contributed by atoms with Gasteiger partial charge in [0.1, 0.15) is 12.4 Å². The fourth-order valence-corrected chi connectivity index (χ4v) is 2.12. The van der Waals surface area contributed by atoms with Gasteiger partial charge in [-0.2, -0.15) is 0 Å². The second-order valence-electron chi connectivity index (χ2n) is 4.68. The minimum absolute atomic E-state index is 0.0420. The third-order valence-corrected chi connectivity index (χ3v) is 3.18. The first-order chi connectivity index (χ1) is 9.47. The first-order valence-corrected chi connectivity index (χ1v) is 6.23. The summed E-state index contributed by atoms with van der Waals surface area (Å²) in [6.07, 6.45) is 0.0831. The van der Waals surface area contributed by atoms with Crippen molar-refractivity contribution in [3.63, 3.8) is 0 Å². The topological polar surface area (TPSA) is 98.9 Å². The molecule has 0 amide bonds. The van der Waals surface area contributed by atoms with Crippen LogP contribution in [0.15, 0.2) is 18.2 Å². The number of aliphatic carboxylic acids is 1. The largest absolute Gasteiger partial charge is 0.491 e. The SMILES string of the molecule is Cc1cc(OCC2CCC(C(=O)O)O2)ccc1[N+](=O)[O-]. The number of ether oxygens (including phenoxy) is 2. The van der Waals surface area contributed by atoms with Gasteiger partial charge in [0.25, 0.3) is 5.69 Å². The second-order valence-corrected chi connectivity index (χ2v) is 4.68. The van der Waals surface area contributed by atoms with Gasteiger partial charge in [0.05, 0.1) is 11.0 Å². The number of benzene rings is 1. The van der Waals surface area contributed by atoms with Crippen LogP contribution in [-0.4, -0.2) is 34.8 Å². The Morgan fingerprint density at radius 2 is 2.30 bits per heavy atom. The molecule has 108 valence electrons. The highest BCUT2D eigenvalue weighted by molar-refractivity contribution is 5.72. The molecule has 1 heterocycles. The molecule has 0 aromatic heterocycles. The Kier molecular flexibility index (Phi) is 4.19. The van der Waals surface area contributed by atoms with Gasteiger partial charge in [0.15, 0.2) is 6.10 Å². The molecule has 0 aliphatic carbocycles. The first kappa shape index (κ1) is 14.3. The number of aryl methyl sites for hydroxylation is 1. The van der Waals surface area contributed by atoms with E-state index in [1.165, 1.54) is 12.1 Å². The highest BCUT2D eigenvalue weighted by atomic mass is 16.6. The number of carbonyl (C=O) groups is 1. The van der Waals surface area contributed by atoms with Crippen molar-refractivity contribution in [3.05, 3.63) is 33.9 Å². The number of hydrogen-bond donors (Lipinski definition) is 1. The minimum atomic E-state index is -0.960. The number of nitrogens with zero attached hydrogens (tertiary/aromatic N) is 1. The molecule has 7 heteroatoms. The van der Waals surface area contributed by atoms with Gasteiger partial charge in [-0.15, -0.1) is 0 Å². The lowest BCUT2D eigenvalue weighted by molar-refractivity contribution is -0.385. The Bertz CT molecular complexity index is 530. The fraction of sp³-hybridized carbons (Fsp3) is 0.462. The lowest BCUT2D eigenvalue weighted by Gasteiger charge is -2.13. The van der Waals surface area contributed by atoms with Crippen molar-refractivity contribution in [3.8, 4) is 5.75 Å². The number of rotatable bonds is 5. The molecule has 0 saturated carbocycles. The smallest absolute Gasteiger partial charge is 0.332 e. The normalized spacial score (nSPS) is 21.6. The summed E-state index contributed by atoms with van der Waals surface area (Å²) in [5.41, 5.74) is 0.559. The summed E-state index contributed by atoms with van der Waals surface area (Å²) in [5, 5.41) is 19.5. The van der Waals surface area contributed by atoms with E-state index in [4.69, 9.17) is 14.6 Å². The summed E-state index contributed by atoms with van der Waals surface area (Å²) in [5.74, 6) is -0.450. The van der Waals surface area contributed by atoms with E-state index >= 15 is 0 Å². The van der Waals surface area contributed by atoms with Crippen LogP contribution in [0.2, 0.25) is 0 Å². The van der Waals surface area contributed by atoms with Gasteiger partial charge < -0.3 is 14.6 Å². The summed E-state index contributed by atoms with van der Waals surface area (Å²) < 4.78 is 10.8. The quantitative estimate of drug-likeness (QED) is 0.653. The lowest BCUT2D eigenvalue weighted by atomic mass is 10.2. The zero-order chi connectivity index (χ0) is 14.7. The van der Waals surface area contributed by atoms with E-state index in [1.54, 1.807) is 13.0 Å². The Morgan fingerprint density at radius 1 is 1.55 bits per heavy atom. The van der Waals surface area contributed by atoms with Crippen LogP contribution in [0.5, 0.6) is 5.75 Å². The van der Waals surface area contributed by atoms with Gasteiger partial charge in [-0.1, -0.05) is 0 Å². The second kappa shape index (κ2) is 5.87. The van der Waals surface area contributed by atoms with Gasteiger partial charge in [-0.05, 0) is 31.9 Å². The molecule has 1 saturated heterocycles. The number of carboxylic acids is 1. The van der Waals surface area contributed by atoms with Gasteiger partial charge >= 0.3 is 5.97 Å². The highest BCUT2D eigenvalue weighted by Crippen LogP contribution is 2.25. The molecule has 0 spiro atoms. The number of carboxylic acid groups (broad SMARTS) is 1. The standard InChI is InChI=1S/C13H15NO6/c1-8-6-9(2-4-11(8)14(17)18)19-7-10-3-5-12(20-10)13(15)16/h2,4,6,10,12H,3,5,7H2,1H3,(H,15,16). The van der Waals surface area contributed by atoms with E-state index in [2.05, 4.69) is 0 Å². The van der Waals surface area contributed by atoms with Crippen LogP contribution in [0.3, 0.4) is 0 Å². The molecule has 2 atom stereocenters. The zero-order valence-corrected chi connectivity index (χ0v) is 10.9. The molecular weight excluding hydrogens is 266 g/mol. The van der Waals surface area contributed by atoms with E-state index in [0.717, 1.165) is 0 Å². The third kappa shape index (κ3) is 3.24. The summed E-state index contributed by atoms with van der Waals surface area (Å²) in [6.45, 7) is 1.87. The van der Waals surface area contributed by atoms with Crippen molar-refractivity contribution >= 4 is 11.7 Å².